The average Bonchev–Trinajstić information content (AvgIpc) is 3.36. The van der Waals surface area contributed by atoms with Crippen molar-refractivity contribution in [2.75, 3.05) is 13.1 Å². The topological polar surface area (TPSA) is 130 Å². The number of benzene rings is 3. The van der Waals surface area contributed by atoms with Crippen molar-refractivity contribution in [3.05, 3.63) is 94.5 Å². The van der Waals surface area contributed by atoms with Gasteiger partial charge in [0, 0.05) is 26.2 Å². The standard InChI is InChI=1S/C24H23ClF2N4O5S2/c25-21-13-20(8-9-22(21)27)38(35,36)31-11-10-30(37(33,34)19-6-4-18(26)5-7-19)24(31)23(32)29-15-17-3-1-2-16(12-17)14-28/h1-9,12-13,24H,10-11,14-15,28H2,(H,29,32). The summed E-state index contributed by atoms with van der Waals surface area (Å²) in [5.74, 6) is -2.43. The fourth-order valence-corrected chi connectivity index (χ4v) is 7.43. The van der Waals surface area contributed by atoms with Crippen LogP contribution in [0.4, 0.5) is 8.78 Å². The number of carbonyl (C=O) groups is 1. The Hall–Kier alpha value is -2.94. The Kier molecular flexibility index (Phi) is 8.16. The molecule has 0 saturated carbocycles. The normalized spacial score (nSPS) is 17.0. The molecule has 0 bridgehead atoms. The average molecular weight is 585 g/mol. The van der Waals surface area contributed by atoms with Gasteiger partial charge in [-0.1, -0.05) is 35.9 Å². The number of rotatable bonds is 8. The number of hydrogen-bond acceptors (Lipinski definition) is 6. The predicted octanol–water partition coefficient (Wildman–Crippen LogP) is 2.41. The van der Waals surface area contributed by atoms with Gasteiger partial charge >= 0.3 is 0 Å². The monoisotopic (exact) mass is 584 g/mol. The number of halogens is 3. The van der Waals surface area contributed by atoms with E-state index in [2.05, 4.69) is 5.32 Å². The quantitative estimate of drug-likeness (QED) is 0.418. The number of carbonyl (C=O) groups excluding carboxylic acids is 1. The summed E-state index contributed by atoms with van der Waals surface area (Å²) in [5, 5.41) is 2.13. The van der Waals surface area contributed by atoms with E-state index < -0.39 is 53.7 Å². The molecule has 1 amide bonds. The fourth-order valence-electron chi connectivity index (χ4n) is 4.01. The van der Waals surface area contributed by atoms with Gasteiger partial charge in [0.2, 0.25) is 20.0 Å². The second-order valence-electron chi connectivity index (χ2n) is 8.38. The predicted molar refractivity (Wildman–Crippen MR) is 136 cm³/mol. The summed E-state index contributed by atoms with van der Waals surface area (Å²) >= 11 is 5.78. The Labute approximate surface area is 223 Å². The van der Waals surface area contributed by atoms with E-state index in [0.29, 0.717) is 9.87 Å². The maximum Gasteiger partial charge on any atom is 0.254 e. The molecular formula is C24H23ClF2N4O5S2. The van der Waals surface area contributed by atoms with Gasteiger partial charge in [0.25, 0.3) is 5.91 Å². The van der Waals surface area contributed by atoms with Crippen LogP contribution in [0.3, 0.4) is 0 Å². The number of amides is 1. The molecule has 9 nitrogen and oxygen atoms in total. The summed E-state index contributed by atoms with van der Waals surface area (Å²) in [6.07, 6.45) is -1.82. The lowest BCUT2D eigenvalue weighted by Gasteiger charge is -2.28. The lowest BCUT2D eigenvalue weighted by Crippen LogP contribution is -2.53. The molecule has 0 spiro atoms. The third kappa shape index (κ3) is 5.58. The van der Waals surface area contributed by atoms with Crippen molar-refractivity contribution in [1.82, 2.24) is 13.9 Å². The van der Waals surface area contributed by atoms with Crippen molar-refractivity contribution in [2.45, 2.75) is 29.0 Å². The van der Waals surface area contributed by atoms with E-state index in [1.807, 2.05) is 0 Å². The van der Waals surface area contributed by atoms with Gasteiger partial charge in [-0.25, -0.2) is 25.6 Å². The van der Waals surface area contributed by atoms with E-state index in [0.717, 1.165) is 52.3 Å². The Morgan fingerprint density at radius 2 is 1.47 bits per heavy atom. The highest BCUT2D eigenvalue weighted by atomic mass is 35.5. The van der Waals surface area contributed by atoms with Crippen LogP contribution < -0.4 is 11.1 Å². The van der Waals surface area contributed by atoms with Crippen LogP contribution in [0.5, 0.6) is 0 Å². The minimum atomic E-state index is -4.51. The molecule has 0 aliphatic carbocycles. The maximum absolute atomic E-state index is 13.7. The van der Waals surface area contributed by atoms with Crippen LogP contribution in [-0.4, -0.2) is 50.6 Å². The molecule has 14 heteroatoms. The summed E-state index contributed by atoms with van der Waals surface area (Å²) in [6.45, 7) is -0.517. The van der Waals surface area contributed by atoms with E-state index in [-0.39, 0.29) is 31.1 Å². The van der Waals surface area contributed by atoms with E-state index in [4.69, 9.17) is 17.3 Å². The first-order chi connectivity index (χ1) is 17.9. The van der Waals surface area contributed by atoms with Crippen LogP contribution in [0, 0.1) is 11.6 Å². The zero-order valence-electron chi connectivity index (χ0n) is 19.7. The summed E-state index contributed by atoms with van der Waals surface area (Å²) < 4.78 is 82.5. The number of nitrogens with two attached hydrogens (primary N) is 1. The second kappa shape index (κ2) is 11.0. The van der Waals surface area contributed by atoms with Crippen LogP contribution in [0.25, 0.3) is 0 Å². The van der Waals surface area contributed by atoms with Crippen molar-refractivity contribution in [3.8, 4) is 0 Å². The SMILES string of the molecule is NCc1cccc(CNC(=O)C2N(S(=O)(=O)c3ccc(F)cc3)CCN2S(=O)(=O)c2ccc(F)c(Cl)c2)c1. The highest BCUT2D eigenvalue weighted by molar-refractivity contribution is 7.90. The molecule has 1 heterocycles. The molecule has 1 unspecified atom stereocenters. The molecule has 202 valence electrons. The zero-order valence-corrected chi connectivity index (χ0v) is 22.1. The number of sulfonamides is 2. The first-order valence-electron chi connectivity index (χ1n) is 11.2. The van der Waals surface area contributed by atoms with Gasteiger partial charge in [-0.3, -0.25) is 4.79 Å². The van der Waals surface area contributed by atoms with Gasteiger partial charge in [0.1, 0.15) is 11.6 Å². The van der Waals surface area contributed by atoms with Gasteiger partial charge < -0.3 is 11.1 Å². The molecule has 3 aromatic carbocycles. The van der Waals surface area contributed by atoms with Crippen molar-refractivity contribution in [3.63, 3.8) is 0 Å². The smallest absolute Gasteiger partial charge is 0.254 e. The molecule has 1 saturated heterocycles. The summed E-state index contributed by atoms with van der Waals surface area (Å²) in [4.78, 5) is 12.7. The molecule has 3 aromatic rings. The van der Waals surface area contributed by atoms with E-state index in [1.165, 1.54) is 0 Å². The molecule has 1 aliphatic rings. The maximum atomic E-state index is 13.7. The first-order valence-corrected chi connectivity index (χ1v) is 14.5. The van der Waals surface area contributed by atoms with E-state index in [1.54, 1.807) is 24.3 Å². The van der Waals surface area contributed by atoms with Crippen LogP contribution in [0.15, 0.2) is 76.5 Å². The van der Waals surface area contributed by atoms with Gasteiger partial charge in [0.15, 0.2) is 6.17 Å². The summed E-state index contributed by atoms with van der Waals surface area (Å²) in [5.41, 5.74) is 7.12. The zero-order chi connectivity index (χ0) is 27.7. The highest BCUT2D eigenvalue weighted by Crippen LogP contribution is 2.31. The van der Waals surface area contributed by atoms with Gasteiger partial charge in [-0.05, 0) is 53.6 Å². The van der Waals surface area contributed by atoms with Crippen LogP contribution in [0.1, 0.15) is 11.1 Å². The molecule has 0 radical (unpaired) electrons. The Balaban J connectivity index is 1.71. The van der Waals surface area contributed by atoms with Crippen LogP contribution in [0.2, 0.25) is 5.02 Å². The second-order valence-corrected chi connectivity index (χ2v) is 12.6. The third-order valence-corrected chi connectivity index (χ3v) is 9.94. The molecule has 1 fully saturated rings. The molecular weight excluding hydrogens is 562 g/mol. The molecule has 38 heavy (non-hydrogen) atoms. The minimum Gasteiger partial charge on any atom is -0.349 e. The molecule has 0 aromatic heterocycles. The van der Waals surface area contributed by atoms with Crippen molar-refractivity contribution < 1.29 is 30.4 Å². The molecule has 1 atom stereocenters. The lowest BCUT2D eigenvalue weighted by molar-refractivity contribution is -0.126. The first kappa shape index (κ1) is 28.1. The number of hydrogen-bond donors (Lipinski definition) is 2. The Bertz CT molecular complexity index is 1570. The van der Waals surface area contributed by atoms with Gasteiger partial charge in [-0.15, -0.1) is 0 Å². The summed E-state index contributed by atoms with van der Waals surface area (Å²) in [6, 6.07) is 13.6. The van der Waals surface area contributed by atoms with Crippen molar-refractivity contribution >= 4 is 37.6 Å². The highest BCUT2D eigenvalue weighted by Gasteiger charge is 2.49. The van der Waals surface area contributed by atoms with Gasteiger partial charge in [-0.2, -0.15) is 8.61 Å². The van der Waals surface area contributed by atoms with E-state index in [9.17, 15) is 30.4 Å². The van der Waals surface area contributed by atoms with Crippen molar-refractivity contribution in [2.24, 2.45) is 5.73 Å². The van der Waals surface area contributed by atoms with Crippen molar-refractivity contribution in [1.29, 1.82) is 0 Å². The molecule has 4 rings (SSSR count). The minimum absolute atomic E-state index is 0.0378. The number of nitrogens with one attached hydrogen (secondary N) is 1. The molecule has 1 aliphatic heterocycles. The largest absolute Gasteiger partial charge is 0.349 e. The van der Waals surface area contributed by atoms with Gasteiger partial charge in [0.05, 0.1) is 14.8 Å². The summed E-state index contributed by atoms with van der Waals surface area (Å²) in [7, 11) is -8.95. The fraction of sp³-hybridized carbons (Fsp3) is 0.208. The Morgan fingerprint density at radius 3 is 2.08 bits per heavy atom. The third-order valence-electron chi connectivity index (χ3n) is 5.93. The number of nitrogens with zero attached hydrogens (tertiary/aromatic N) is 2. The Morgan fingerprint density at radius 1 is 0.895 bits per heavy atom. The van der Waals surface area contributed by atoms with Crippen LogP contribution >= 0.6 is 11.6 Å². The van der Waals surface area contributed by atoms with Crippen LogP contribution in [-0.2, 0) is 37.9 Å². The molecule has 3 N–H and O–H groups in total. The van der Waals surface area contributed by atoms with E-state index >= 15 is 0 Å². The lowest BCUT2D eigenvalue weighted by atomic mass is 10.1.